The fraction of sp³-hybridized carbons (Fsp3) is 0.400. The first-order valence-corrected chi connectivity index (χ1v) is 11.2. The lowest BCUT2D eigenvalue weighted by Gasteiger charge is -2.17. The molecule has 0 spiro atoms. The van der Waals surface area contributed by atoms with E-state index in [9.17, 15) is 0 Å². The van der Waals surface area contributed by atoms with Gasteiger partial charge in [0, 0.05) is 13.0 Å². The van der Waals surface area contributed by atoms with Crippen molar-refractivity contribution in [2.75, 3.05) is 18.1 Å². The van der Waals surface area contributed by atoms with Gasteiger partial charge in [0.15, 0.2) is 11.6 Å². The first kappa shape index (κ1) is 18.7. The van der Waals surface area contributed by atoms with Crippen LogP contribution in [0.5, 0.6) is 0 Å². The molecule has 3 aromatic rings. The van der Waals surface area contributed by atoms with Gasteiger partial charge in [0.1, 0.15) is 18.2 Å². The third-order valence-electron chi connectivity index (χ3n) is 4.15. The highest BCUT2D eigenvalue weighted by Crippen LogP contribution is 2.43. The molecule has 1 aromatic carbocycles. The Bertz CT molecular complexity index is 829. The molecule has 0 radical (unpaired) electrons. The Balaban J connectivity index is 1.24. The highest BCUT2D eigenvalue weighted by molar-refractivity contribution is 8.16. The normalized spacial score (nSPS) is 15.3. The van der Waals surface area contributed by atoms with E-state index in [0.717, 1.165) is 18.5 Å². The fourth-order valence-corrected chi connectivity index (χ4v) is 5.54. The van der Waals surface area contributed by atoms with Crippen LogP contribution in [0.2, 0.25) is 0 Å². The van der Waals surface area contributed by atoms with Crippen LogP contribution in [0.25, 0.3) is 11.6 Å². The zero-order valence-electron chi connectivity index (χ0n) is 15.0. The van der Waals surface area contributed by atoms with Crippen LogP contribution in [0.15, 0.2) is 51.7 Å². The molecule has 0 atom stereocenters. The van der Waals surface area contributed by atoms with Crippen molar-refractivity contribution in [1.29, 1.82) is 0 Å². The van der Waals surface area contributed by atoms with Gasteiger partial charge in [-0.25, -0.2) is 9.97 Å². The van der Waals surface area contributed by atoms with E-state index in [0.29, 0.717) is 35.3 Å². The Morgan fingerprint density at radius 1 is 1.04 bits per heavy atom. The van der Waals surface area contributed by atoms with Crippen LogP contribution in [0.1, 0.15) is 34.6 Å². The molecule has 3 heterocycles. The molecule has 0 unspecified atom stereocenters. The molecule has 27 heavy (non-hydrogen) atoms. The number of aryl methyl sites for hydroxylation is 1. The van der Waals surface area contributed by atoms with Gasteiger partial charge >= 0.3 is 0 Å². The van der Waals surface area contributed by atoms with Crippen molar-refractivity contribution < 1.29 is 13.6 Å². The average molecular weight is 403 g/mol. The number of rotatable bonds is 8. The number of benzene rings is 1. The van der Waals surface area contributed by atoms with Crippen molar-refractivity contribution >= 4 is 23.5 Å². The van der Waals surface area contributed by atoms with Crippen LogP contribution in [-0.2, 0) is 17.8 Å². The van der Waals surface area contributed by atoms with E-state index < -0.39 is 0 Å². The Labute approximate surface area is 167 Å². The van der Waals surface area contributed by atoms with Gasteiger partial charge in [-0.2, -0.15) is 0 Å². The standard InChI is InChI=1S/C20H22N2O3S2/c1-2-6-15(7-3-1)12-23-9-4-8-18-21-16(13-24-18)19-22-17(14-25-19)20-26-10-5-11-27-20/h1-3,6-7,13-14,20H,4-5,8-12H2. The molecule has 2 aromatic heterocycles. The van der Waals surface area contributed by atoms with Gasteiger partial charge in [-0.3, -0.25) is 0 Å². The quantitative estimate of drug-likeness (QED) is 0.471. The maximum absolute atomic E-state index is 5.70. The molecule has 4 rings (SSSR count). The molecule has 0 aliphatic carbocycles. The summed E-state index contributed by atoms with van der Waals surface area (Å²) in [5.41, 5.74) is 2.83. The summed E-state index contributed by atoms with van der Waals surface area (Å²) in [5.74, 6) is 3.59. The van der Waals surface area contributed by atoms with Crippen molar-refractivity contribution in [1.82, 2.24) is 9.97 Å². The van der Waals surface area contributed by atoms with E-state index in [4.69, 9.17) is 13.6 Å². The molecule has 7 heteroatoms. The SMILES string of the molecule is c1ccc(COCCCc2nc(-c3nc(C4SCCCS4)co3)co2)cc1. The highest BCUT2D eigenvalue weighted by atomic mass is 32.2. The van der Waals surface area contributed by atoms with Crippen LogP contribution in [-0.4, -0.2) is 28.1 Å². The highest BCUT2D eigenvalue weighted by Gasteiger charge is 2.21. The van der Waals surface area contributed by atoms with Crippen molar-refractivity contribution in [3.05, 3.63) is 60.0 Å². The molecule has 5 nitrogen and oxygen atoms in total. The molecular weight excluding hydrogens is 380 g/mol. The molecule has 0 N–H and O–H groups in total. The lowest BCUT2D eigenvalue weighted by molar-refractivity contribution is 0.117. The largest absolute Gasteiger partial charge is 0.448 e. The van der Waals surface area contributed by atoms with Gasteiger partial charge in [-0.15, -0.1) is 23.5 Å². The number of thioether (sulfide) groups is 2. The monoisotopic (exact) mass is 402 g/mol. The Morgan fingerprint density at radius 3 is 2.74 bits per heavy atom. The van der Waals surface area contributed by atoms with E-state index >= 15 is 0 Å². The summed E-state index contributed by atoms with van der Waals surface area (Å²) in [4.78, 5) is 9.11. The van der Waals surface area contributed by atoms with E-state index in [-0.39, 0.29) is 0 Å². The minimum Gasteiger partial charge on any atom is -0.448 e. The zero-order valence-corrected chi connectivity index (χ0v) is 16.6. The van der Waals surface area contributed by atoms with Gasteiger partial charge in [-0.05, 0) is 29.9 Å². The van der Waals surface area contributed by atoms with Crippen molar-refractivity contribution in [2.45, 2.75) is 30.5 Å². The molecule has 142 valence electrons. The zero-order chi connectivity index (χ0) is 18.3. The average Bonchev–Trinajstić information content (AvgIpc) is 3.39. The third-order valence-corrected chi connectivity index (χ3v) is 7.11. The maximum Gasteiger partial charge on any atom is 0.248 e. The van der Waals surface area contributed by atoms with Crippen LogP contribution >= 0.6 is 23.5 Å². The predicted octanol–water partition coefficient (Wildman–Crippen LogP) is 5.35. The molecule has 0 amide bonds. The maximum atomic E-state index is 5.70. The molecule has 1 fully saturated rings. The van der Waals surface area contributed by atoms with E-state index in [1.165, 1.54) is 23.5 Å². The molecule has 1 saturated heterocycles. The first-order chi connectivity index (χ1) is 13.4. The number of nitrogens with zero attached hydrogens (tertiary/aromatic N) is 2. The number of ether oxygens (including phenoxy) is 1. The van der Waals surface area contributed by atoms with Crippen LogP contribution in [0, 0.1) is 0 Å². The second kappa shape index (κ2) is 9.48. The van der Waals surface area contributed by atoms with Crippen molar-refractivity contribution in [3.8, 4) is 11.6 Å². The summed E-state index contributed by atoms with van der Waals surface area (Å²) in [5, 5.41) is 0. The number of aromatic nitrogens is 2. The smallest absolute Gasteiger partial charge is 0.248 e. The Hall–Kier alpha value is -1.70. The molecule has 0 saturated carbocycles. The lowest BCUT2D eigenvalue weighted by Crippen LogP contribution is -2.00. The molecule has 1 aliphatic heterocycles. The fourth-order valence-electron chi connectivity index (χ4n) is 2.78. The second-order valence-corrected chi connectivity index (χ2v) is 9.00. The van der Waals surface area contributed by atoms with E-state index in [2.05, 4.69) is 22.1 Å². The first-order valence-electron chi connectivity index (χ1n) is 9.13. The minimum atomic E-state index is 0.365. The van der Waals surface area contributed by atoms with Gasteiger partial charge in [0.25, 0.3) is 0 Å². The van der Waals surface area contributed by atoms with Crippen LogP contribution in [0.3, 0.4) is 0 Å². The van der Waals surface area contributed by atoms with E-state index in [1.807, 2.05) is 41.7 Å². The topological polar surface area (TPSA) is 61.3 Å². The summed E-state index contributed by atoms with van der Waals surface area (Å²) in [6.45, 7) is 1.31. The Kier molecular flexibility index (Phi) is 6.55. The summed E-state index contributed by atoms with van der Waals surface area (Å²) >= 11 is 3.85. The number of hydrogen-bond acceptors (Lipinski definition) is 7. The minimum absolute atomic E-state index is 0.365. The van der Waals surface area contributed by atoms with Gasteiger partial charge in [0.05, 0.1) is 11.2 Å². The van der Waals surface area contributed by atoms with Gasteiger partial charge < -0.3 is 13.6 Å². The van der Waals surface area contributed by atoms with E-state index in [1.54, 1.807) is 12.5 Å². The predicted molar refractivity (Wildman–Crippen MR) is 109 cm³/mol. The number of hydrogen-bond donors (Lipinski definition) is 0. The number of oxazole rings is 2. The van der Waals surface area contributed by atoms with Gasteiger partial charge in [-0.1, -0.05) is 30.3 Å². The van der Waals surface area contributed by atoms with Crippen LogP contribution < -0.4 is 0 Å². The lowest BCUT2D eigenvalue weighted by atomic mass is 10.2. The van der Waals surface area contributed by atoms with Crippen molar-refractivity contribution in [2.24, 2.45) is 0 Å². The molecular formula is C20H22N2O3S2. The summed E-state index contributed by atoms with van der Waals surface area (Å²) in [6, 6.07) is 10.2. The van der Waals surface area contributed by atoms with Crippen molar-refractivity contribution in [3.63, 3.8) is 0 Å². The Morgan fingerprint density at radius 2 is 1.89 bits per heavy atom. The molecule has 0 bridgehead atoms. The summed E-state index contributed by atoms with van der Waals surface area (Å²) in [6.07, 6.45) is 6.22. The summed E-state index contributed by atoms with van der Waals surface area (Å²) in [7, 11) is 0. The summed E-state index contributed by atoms with van der Waals surface area (Å²) < 4.78 is 17.2. The van der Waals surface area contributed by atoms with Crippen LogP contribution in [0.4, 0.5) is 0 Å². The molecule has 1 aliphatic rings. The second-order valence-electron chi connectivity index (χ2n) is 6.27. The third kappa shape index (κ3) is 5.18. The van der Waals surface area contributed by atoms with Gasteiger partial charge in [0.2, 0.25) is 5.89 Å².